The number of phenolic OH excluding ortho intramolecular Hbond substituents is 3. The number of thioether (sulfide) groups is 1. The van der Waals surface area contributed by atoms with E-state index in [2.05, 4.69) is 6.92 Å². The molecule has 2 aromatic rings. The Hall–Kier alpha value is -2.34. The van der Waals surface area contributed by atoms with Gasteiger partial charge in [-0.3, -0.25) is 4.79 Å². The summed E-state index contributed by atoms with van der Waals surface area (Å²) in [5.41, 5.74) is 0.471. The number of hydrogen-bond donors (Lipinski definition) is 4. The minimum atomic E-state index is -1.35. The maximum atomic E-state index is 12.3. The monoisotopic (exact) mass is 376 g/mol. The highest BCUT2D eigenvalue weighted by Crippen LogP contribution is 2.49. The van der Waals surface area contributed by atoms with Gasteiger partial charge in [0.15, 0.2) is 0 Å². The fourth-order valence-electron chi connectivity index (χ4n) is 2.87. The number of benzene rings is 2. The summed E-state index contributed by atoms with van der Waals surface area (Å²) < 4.78 is -1.35. The maximum absolute atomic E-state index is 12.3. The second-order valence-corrected chi connectivity index (χ2v) is 7.59. The van der Waals surface area contributed by atoms with E-state index in [1.165, 1.54) is 30.3 Å². The average molecular weight is 376 g/mol. The lowest BCUT2D eigenvalue weighted by atomic mass is 9.91. The molecule has 0 heterocycles. The SMILES string of the molecule is CCCCCCC(Sc1ccc(O)cc1O)(C(=O)O)c1cccc(O)c1. The topological polar surface area (TPSA) is 98.0 Å². The molecule has 0 amide bonds. The largest absolute Gasteiger partial charge is 0.508 e. The predicted octanol–water partition coefficient (Wildman–Crippen LogP) is 4.85. The van der Waals surface area contributed by atoms with E-state index in [1.807, 2.05) is 0 Å². The van der Waals surface area contributed by atoms with Gasteiger partial charge in [-0.2, -0.15) is 0 Å². The van der Waals surface area contributed by atoms with Gasteiger partial charge in [-0.1, -0.05) is 56.5 Å². The number of carbonyl (C=O) groups is 1. The van der Waals surface area contributed by atoms with E-state index in [0.29, 0.717) is 23.3 Å². The molecule has 0 aromatic heterocycles. The normalized spacial score (nSPS) is 13.3. The Kier molecular flexibility index (Phi) is 6.80. The number of carboxylic acids is 1. The molecule has 0 spiro atoms. The minimum Gasteiger partial charge on any atom is -0.508 e. The second kappa shape index (κ2) is 8.85. The summed E-state index contributed by atoms with van der Waals surface area (Å²) in [5, 5.41) is 39.5. The molecule has 2 aromatic carbocycles. The minimum absolute atomic E-state index is 0.00258. The Morgan fingerprint density at radius 3 is 2.35 bits per heavy atom. The van der Waals surface area contributed by atoms with Crippen molar-refractivity contribution in [2.24, 2.45) is 0 Å². The van der Waals surface area contributed by atoms with Gasteiger partial charge in [0.05, 0.1) is 4.90 Å². The number of aromatic hydroxyl groups is 3. The molecule has 0 aliphatic rings. The van der Waals surface area contributed by atoms with Crippen molar-refractivity contribution in [1.29, 1.82) is 0 Å². The van der Waals surface area contributed by atoms with Crippen molar-refractivity contribution < 1.29 is 25.2 Å². The third-order valence-corrected chi connectivity index (χ3v) is 5.80. The zero-order valence-corrected chi connectivity index (χ0v) is 15.5. The molecule has 26 heavy (non-hydrogen) atoms. The lowest BCUT2D eigenvalue weighted by Gasteiger charge is -2.30. The van der Waals surface area contributed by atoms with Crippen LogP contribution in [0.5, 0.6) is 17.2 Å². The highest BCUT2D eigenvalue weighted by atomic mass is 32.2. The number of aliphatic carboxylic acids is 1. The molecular formula is C20H24O5S. The zero-order valence-electron chi connectivity index (χ0n) is 14.7. The van der Waals surface area contributed by atoms with E-state index in [4.69, 9.17) is 0 Å². The third kappa shape index (κ3) is 4.64. The van der Waals surface area contributed by atoms with E-state index in [-0.39, 0.29) is 17.2 Å². The van der Waals surface area contributed by atoms with Gasteiger partial charge in [0, 0.05) is 6.07 Å². The lowest BCUT2D eigenvalue weighted by molar-refractivity contribution is -0.140. The van der Waals surface area contributed by atoms with Crippen molar-refractivity contribution in [2.45, 2.75) is 48.7 Å². The van der Waals surface area contributed by atoms with Crippen LogP contribution < -0.4 is 0 Å². The Morgan fingerprint density at radius 2 is 1.73 bits per heavy atom. The van der Waals surface area contributed by atoms with Crippen LogP contribution in [0.3, 0.4) is 0 Å². The summed E-state index contributed by atoms with van der Waals surface area (Å²) >= 11 is 1.03. The fourth-order valence-corrected chi connectivity index (χ4v) is 4.12. The zero-order chi connectivity index (χ0) is 19.2. The number of carboxylic acid groups (broad SMARTS) is 1. The summed E-state index contributed by atoms with van der Waals surface area (Å²) in [7, 11) is 0. The number of rotatable bonds is 9. The first-order valence-electron chi connectivity index (χ1n) is 8.63. The molecule has 5 nitrogen and oxygen atoms in total. The van der Waals surface area contributed by atoms with Crippen molar-refractivity contribution in [1.82, 2.24) is 0 Å². The van der Waals surface area contributed by atoms with Crippen LogP contribution >= 0.6 is 11.8 Å². The van der Waals surface area contributed by atoms with E-state index in [1.54, 1.807) is 12.1 Å². The summed E-state index contributed by atoms with van der Waals surface area (Å²) in [6.07, 6.45) is 4.04. The molecule has 0 saturated carbocycles. The molecule has 4 N–H and O–H groups in total. The van der Waals surface area contributed by atoms with Gasteiger partial charge in [0.2, 0.25) is 0 Å². The van der Waals surface area contributed by atoms with Crippen LogP contribution in [-0.4, -0.2) is 26.4 Å². The van der Waals surface area contributed by atoms with Gasteiger partial charge in [-0.15, -0.1) is 0 Å². The first-order chi connectivity index (χ1) is 12.4. The highest BCUT2D eigenvalue weighted by Gasteiger charge is 2.42. The first kappa shape index (κ1) is 20.0. The van der Waals surface area contributed by atoms with E-state index < -0.39 is 10.7 Å². The van der Waals surface area contributed by atoms with Gasteiger partial charge in [-0.05, 0) is 36.2 Å². The molecule has 0 aliphatic carbocycles. The smallest absolute Gasteiger partial charge is 0.324 e. The molecule has 1 atom stereocenters. The number of unbranched alkanes of at least 4 members (excludes halogenated alkanes) is 3. The van der Waals surface area contributed by atoms with Gasteiger partial charge in [0.25, 0.3) is 0 Å². The van der Waals surface area contributed by atoms with Gasteiger partial charge in [0.1, 0.15) is 22.0 Å². The van der Waals surface area contributed by atoms with Crippen molar-refractivity contribution in [3.8, 4) is 17.2 Å². The predicted molar refractivity (Wildman–Crippen MR) is 102 cm³/mol. The molecule has 2 rings (SSSR count). The van der Waals surface area contributed by atoms with Crippen LogP contribution in [0.25, 0.3) is 0 Å². The molecule has 1 unspecified atom stereocenters. The Labute approximate surface area is 157 Å². The van der Waals surface area contributed by atoms with Crippen molar-refractivity contribution in [3.63, 3.8) is 0 Å². The van der Waals surface area contributed by atoms with Crippen LogP contribution in [0.15, 0.2) is 47.4 Å². The van der Waals surface area contributed by atoms with Gasteiger partial charge in [-0.25, -0.2) is 0 Å². The van der Waals surface area contributed by atoms with E-state index in [0.717, 1.165) is 31.0 Å². The summed E-state index contributed by atoms with van der Waals surface area (Å²) in [6, 6.07) is 10.3. The summed E-state index contributed by atoms with van der Waals surface area (Å²) in [5.74, 6) is -1.29. The third-order valence-electron chi connectivity index (χ3n) is 4.27. The number of phenols is 3. The van der Waals surface area contributed by atoms with Gasteiger partial charge >= 0.3 is 5.97 Å². The quantitative estimate of drug-likeness (QED) is 0.369. The van der Waals surface area contributed by atoms with Crippen molar-refractivity contribution in [3.05, 3.63) is 48.0 Å². The summed E-state index contributed by atoms with van der Waals surface area (Å²) in [4.78, 5) is 12.7. The van der Waals surface area contributed by atoms with Crippen LogP contribution in [0, 0.1) is 0 Å². The van der Waals surface area contributed by atoms with E-state index in [9.17, 15) is 25.2 Å². The molecule has 0 radical (unpaired) electrons. The van der Waals surface area contributed by atoms with Crippen molar-refractivity contribution >= 4 is 17.7 Å². The molecule has 6 heteroatoms. The molecule has 0 saturated heterocycles. The Morgan fingerprint density at radius 1 is 1.00 bits per heavy atom. The summed E-state index contributed by atoms with van der Waals surface area (Å²) in [6.45, 7) is 2.09. The standard InChI is InChI=1S/C20H24O5S/c1-2-3-4-5-11-20(19(24)25,14-7-6-8-15(21)12-14)26-18-10-9-16(22)13-17(18)23/h6-10,12-13,21-23H,2-5,11H2,1H3,(H,24,25). The fraction of sp³-hybridized carbons (Fsp3) is 0.350. The van der Waals surface area contributed by atoms with Crippen LogP contribution in [-0.2, 0) is 9.54 Å². The number of hydrogen-bond acceptors (Lipinski definition) is 5. The first-order valence-corrected chi connectivity index (χ1v) is 9.44. The Bertz CT molecular complexity index is 762. The van der Waals surface area contributed by atoms with Gasteiger partial charge < -0.3 is 20.4 Å². The maximum Gasteiger partial charge on any atom is 0.324 e. The van der Waals surface area contributed by atoms with Crippen LogP contribution in [0.2, 0.25) is 0 Å². The van der Waals surface area contributed by atoms with E-state index >= 15 is 0 Å². The molecular weight excluding hydrogens is 352 g/mol. The lowest BCUT2D eigenvalue weighted by Crippen LogP contribution is -2.32. The van der Waals surface area contributed by atoms with Crippen LogP contribution in [0.4, 0.5) is 0 Å². The average Bonchev–Trinajstić information content (AvgIpc) is 2.59. The Balaban J connectivity index is 2.45. The second-order valence-electron chi connectivity index (χ2n) is 6.25. The van der Waals surface area contributed by atoms with Crippen LogP contribution in [0.1, 0.15) is 44.6 Å². The molecule has 0 bridgehead atoms. The van der Waals surface area contributed by atoms with Crippen molar-refractivity contribution in [2.75, 3.05) is 0 Å². The molecule has 0 aliphatic heterocycles. The molecule has 140 valence electrons. The highest BCUT2D eigenvalue weighted by molar-refractivity contribution is 8.01. The molecule has 0 fully saturated rings.